The van der Waals surface area contributed by atoms with E-state index in [1.54, 1.807) is 48.3 Å². The molecule has 1 N–H and O–H groups in total. The monoisotopic (exact) mass is 330 g/mol. The molecule has 0 fully saturated rings. The van der Waals surface area contributed by atoms with E-state index in [0.29, 0.717) is 16.8 Å². The number of amides is 2. The number of carbonyl (C=O) groups is 2. The summed E-state index contributed by atoms with van der Waals surface area (Å²) in [6.07, 6.45) is 0. The summed E-state index contributed by atoms with van der Waals surface area (Å²) in [5.41, 5.74) is 2.62. The molecule has 25 heavy (non-hydrogen) atoms. The van der Waals surface area contributed by atoms with Gasteiger partial charge in [0.1, 0.15) is 0 Å². The van der Waals surface area contributed by atoms with E-state index in [2.05, 4.69) is 5.32 Å². The van der Waals surface area contributed by atoms with E-state index >= 15 is 0 Å². The Hall–Kier alpha value is -3.40. The van der Waals surface area contributed by atoms with Crippen LogP contribution in [0, 0.1) is 0 Å². The first-order valence-electron chi connectivity index (χ1n) is 7.95. The van der Waals surface area contributed by atoms with Crippen molar-refractivity contribution in [3.8, 4) is 0 Å². The molecule has 0 heterocycles. The van der Waals surface area contributed by atoms with Gasteiger partial charge in [0, 0.05) is 29.5 Å². The van der Waals surface area contributed by atoms with Gasteiger partial charge in [-0.25, -0.2) is 0 Å². The van der Waals surface area contributed by atoms with E-state index in [1.165, 1.54) is 0 Å². The van der Waals surface area contributed by atoms with Crippen molar-refractivity contribution in [2.75, 3.05) is 17.3 Å². The fourth-order valence-corrected chi connectivity index (χ4v) is 2.45. The molecule has 0 bridgehead atoms. The first-order chi connectivity index (χ1) is 12.1. The molecule has 4 nitrogen and oxygen atoms in total. The number of nitrogens with one attached hydrogen (secondary N) is 1. The summed E-state index contributed by atoms with van der Waals surface area (Å²) in [5, 5.41) is 2.82. The van der Waals surface area contributed by atoms with Crippen LogP contribution in [0.2, 0.25) is 0 Å². The number of carbonyl (C=O) groups excluding carboxylic acids is 2. The van der Waals surface area contributed by atoms with Crippen LogP contribution in [0.4, 0.5) is 11.4 Å². The van der Waals surface area contributed by atoms with Crippen molar-refractivity contribution in [2.24, 2.45) is 0 Å². The largest absolute Gasteiger partial charge is 0.322 e. The zero-order valence-corrected chi connectivity index (χ0v) is 13.8. The molecule has 0 saturated heterocycles. The molecule has 0 aromatic heterocycles. The normalized spacial score (nSPS) is 10.1. The molecule has 0 unspecified atom stereocenters. The van der Waals surface area contributed by atoms with Gasteiger partial charge >= 0.3 is 0 Å². The van der Waals surface area contributed by atoms with E-state index in [4.69, 9.17) is 0 Å². The molecule has 3 aromatic carbocycles. The standard InChI is InChI=1S/C21H18N2O2/c1-23(19-10-6-3-7-11-19)21(25)17-12-14-18(15-13-17)22-20(24)16-8-4-2-5-9-16/h2-15H,1H3,(H,22,24). The molecule has 124 valence electrons. The highest BCUT2D eigenvalue weighted by molar-refractivity contribution is 6.07. The molecule has 0 spiro atoms. The molecule has 0 aliphatic heterocycles. The van der Waals surface area contributed by atoms with Crippen molar-refractivity contribution in [3.63, 3.8) is 0 Å². The van der Waals surface area contributed by atoms with Crippen LogP contribution in [0.25, 0.3) is 0 Å². The summed E-state index contributed by atoms with van der Waals surface area (Å²) in [5.74, 6) is -0.284. The lowest BCUT2D eigenvalue weighted by Crippen LogP contribution is -2.26. The van der Waals surface area contributed by atoms with Gasteiger partial charge in [0.25, 0.3) is 11.8 Å². The third-order valence-corrected chi connectivity index (χ3v) is 3.87. The number of nitrogens with zero attached hydrogens (tertiary/aromatic N) is 1. The van der Waals surface area contributed by atoms with Crippen molar-refractivity contribution in [3.05, 3.63) is 96.1 Å². The molecule has 0 aliphatic carbocycles. The van der Waals surface area contributed by atoms with E-state index in [1.807, 2.05) is 48.5 Å². The predicted molar refractivity (Wildman–Crippen MR) is 100 cm³/mol. The number of rotatable bonds is 4. The molecule has 0 aliphatic rings. The van der Waals surface area contributed by atoms with Crippen molar-refractivity contribution < 1.29 is 9.59 Å². The average Bonchev–Trinajstić information content (AvgIpc) is 2.69. The highest BCUT2D eigenvalue weighted by Crippen LogP contribution is 2.17. The van der Waals surface area contributed by atoms with Gasteiger partial charge in [-0.05, 0) is 48.5 Å². The van der Waals surface area contributed by atoms with Gasteiger partial charge in [-0.3, -0.25) is 9.59 Å². The fraction of sp³-hybridized carbons (Fsp3) is 0.0476. The maximum atomic E-state index is 12.5. The third-order valence-electron chi connectivity index (χ3n) is 3.87. The van der Waals surface area contributed by atoms with Crippen molar-refractivity contribution in [1.82, 2.24) is 0 Å². The minimum Gasteiger partial charge on any atom is -0.322 e. The number of benzene rings is 3. The third kappa shape index (κ3) is 3.93. The summed E-state index contributed by atoms with van der Waals surface area (Å²) < 4.78 is 0. The maximum absolute atomic E-state index is 12.5. The molecular weight excluding hydrogens is 312 g/mol. The predicted octanol–water partition coefficient (Wildman–Crippen LogP) is 4.22. The van der Waals surface area contributed by atoms with Crippen LogP contribution in [0.1, 0.15) is 20.7 Å². The van der Waals surface area contributed by atoms with Crippen molar-refractivity contribution >= 4 is 23.2 Å². The van der Waals surface area contributed by atoms with E-state index in [9.17, 15) is 9.59 Å². The molecule has 4 heteroatoms. The highest BCUT2D eigenvalue weighted by Gasteiger charge is 2.13. The van der Waals surface area contributed by atoms with Crippen LogP contribution < -0.4 is 10.2 Å². The minimum absolute atomic E-state index is 0.105. The Morgan fingerprint density at radius 2 is 1.28 bits per heavy atom. The Bertz CT molecular complexity index is 859. The SMILES string of the molecule is CN(C(=O)c1ccc(NC(=O)c2ccccc2)cc1)c1ccccc1. The van der Waals surface area contributed by atoms with Gasteiger partial charge in [-0.1, -0.05) is 36.4 Å². The van der Waals surface area contributed by atoms with Crippen LogP contribution in [-0.4, -0.2) is 18.9 Å². The maximum Gasteiger partial charge on any atom is 0.258 e. The second kappa shape index (κ2) is 7.45. The highest BCUT2D eigenvalue weighted by atomic mass is 16.2. The Morgan fingerprint density at radius 3 is 1.88 bits per heavy atom. The lowest BCUT2D eigenvalue weighted by molar-refractivity contribution is 0.0991. The molecule has 3 aromatic rings. The number of anilines is 2. The van der Waals surface area contributed by atoms with Gasteiger partial charge in [-0.15, -0.1) is 0 Å². The summed E-state index contributed by atoms with van der Waals surface area (Å²) in [6.45, 7) is 0. The molecule has 0 saturated carbocycles. The van der Waals surface area contributed by atoms with E-state index in [-0.39, 0.29) is 11.8 Å². The molecule has 0 atom stereocenters. The van der Waals surface area contributed by atoms with E-state index < -0.39 is 0 Å². The van der Waals surface area contributed by atoms with E-state index in [0.717, 1.165) is 5.69 Å². The van der Waals surface area contributed by atoms with Crippen molar-refractivity contribution in [2.45, 2.75) is 0 Å². The summed E-state index contributed by atoms with van der Waals surface area (Å²) in [6, 6.07) is 25.3. The molecule has 0 radical (unpaired) electrons. The Morgan fingerprint density at radius 1 is 0.720 bits per heavy atom. The van der Waals surface area contributed by atoms with Crippen LogP contribution in [0.3, 0.4) is 0 Å². The molecule has 3 rings (SSSR count). The van der Waals surface area contributed by atoms with Gasteiger partial charge in [-0.2, -0.15) is 0 Å². The van der Waals surface area contributed by atoms with Crippen LogP contribution >= 0.6 is 0 Å². The first kappa shape index (κ1) is 16.5. The zero-order chi connectivity index (χ0) is 17.6. The second-order valence-corrected chi connectivity index (χ2v) is 5.60. The second-order valence-electron chi connectivity index (χ2n) is 5.60. The van der Waals surface area contributed by atoms with Gasteiger partial charge < -0.3 is 10.2 Å². The topological polar surface area (TPSA) is 49.4 Å². The van der Waals surface area contributed by atoms with Gasteiger partial charge in [0.05, 0.1) is 0 Å². The first-order valence-corrected chi connectivity index (χ1v) is 7.95. The zero-order valence-electron chi connectivity index (χ0n) is 13.8. The molecular formula is C21H18N2O2. The lowest BCUT2D eigenvalue weighted by Gasteiger charge is -2.17. The lowest BCUT2D eigenvalue weighted by atomic mass is 10.1. The summed E-state index contributed by atoms with van der Waals surface area (Å²) >= 11 is 0. The van der Waals surface area contributed by atoms with Crippen LogP contribution in [-0.2, 0) is 0 Å². The van der Waals surface area contributed by atoms with Crippen molar-refractivity contribution in [1.29, 1.82) is 0 Å². The Labute approximate surface area is 146 Å². The summed E-state index contributed by atoms with van der Waals surface area (Å²) in [4.78, 5) is 26.3. The molecule has 2 amide bonds. The Kier molecular flexibility index (Phi) is 4.90. The quantitative estimate of drug-likeness (QED) is 0.779. The fourth-order valence-electron chi connectivity index (χ4n) is 2.45. The summed E-state index contributed by atoms with van der Waals surface area (Å²) in [7, 11) is 1.74. The smallest absolute Gasteiger partial charge is 0.258 e. The Balaban J connectivity index is 1.70. The minimum atomic E-state index is -0.180. The number of hydrogen-bond donors (Lipinski definition) is 1. The van der Waals surface area contributed by atoms with Crippen LogP contribution in [0.15, 0.2) is 84.9 Å². The number of hydrogen-bond acceptors (Lipinski definition) is 2. The van der Waals surface area contributed by atoms with Gasteiger partial charge in [0.2, 0.25) is 0 Å². The van der Waals surface area contributed by atoms with Crippen LogP contribution in [0.5, 0.6) is 0 Å². The van der Waals surface area contributed by atoms with Gasteiger partial charge in [0.15, 0.2) is 0 Å². The number of para-hydroxylation sites is 1. The average molecular weight is 330 g/mol.